The molecule has 0 radical (unpaired) electrons. The summed E-state index contributed by atoms with van der Waals surface area (Å²) in [5, 5.41) is 0. The number of carbonyl (C=O) groups excluding carboxylic acids is 1. The Labute approximate surface area is 92.5 Å². The summed E-state index contributed by atoms with van der Waals surface area (Å²) in [4.78, 5) is 10.7. The molecule has 0 unspecified atom stereocenters. The molecule has 1 nitrogen and oxygen atoms in total. The number of benzene rings is 2. The lowest BCUT2D eigenvalue weighted by atomic mass is 10.0. The van der Waals surface area contributed by atoms with Crippen LogP contribution in [0.4, 0.5) is 4.39 Å². The predicted octanol–water partition coefficient (Wildman–Crippen LogP) is 3.21. The summed E-state index contributed by atoms with van der Waals surface area (Å²) < 4.78 is 13.1. The molecule has 78 valence electrons. The van der Waals surface area contributed by atoms with E-state index in [9.17, 15) is 9.18 Å². The second-order valence-electron chi connectivity index (χ2n) is 4.01. The zero-order valence-corrected chi connectivity index (χ0v) is 8.53. The van der Waals surface area contributed by atoms with Crippen LogP contribution in [0.15, 0.2) is 36.4 Å². The van der Waals surface area contributed by atoms with Gasteiger partial charge in [0.25, 0.3) is 0 Å². The summed E-state index contributed by atoms with van der Waals surface area (Å²) in [7, 11) is 0. The first kappa shape index (κ1) is 9.28. The zero-order valence-electron chi connectivity index (χ0n) is 8.53. The van der Waals surface area contributed by atoms with Crippen molar-refractivity contribution in [3.8, 4) is 11.1 Å². The van der Waals surface area contributed by atoms with Crippen LogP contribution in [0.3, 0.4) is 0 Å². The minimum Gasteiger partial charge on any atom is -0.298 e. The van der Waals surface area contributed by atoms with Crippen molar-refractivity contribution in [3.05, 3.63) is 58.9 Å². The summed E-state index contributed by atoms with van der Waals surface area (Å²) in [6.07, 6.45) is 1.55. The zero-order chi connectivity index (χ0) is 11.1. The van der Waals surface area contributed by atoms with E-state index < -0.39 is 0 Å². The SMILES string of the molecule is O=Cc1ccc2c(c1)Cc1cc(F)ccc1-2. The molecule has 0 fully saturated rings. The Morgan fingerprint density at radius 2 is 1.69 bits per heavy atom. The van der Waals surface area contributed by atoms with E-state index in [1.165, 1.54) is 6.07 Å². The molecule has 2 aromatic rings. The molecule has 0 atom stereocenters. The summed E-state index contributed by atoms with van der Waals surface area (Å²) >= 11 is 0. The van der Waals surface area contributed by atoms with Gasteiger partial charge < -0.3 is 0 Å². The third kappa shape index (κ3) is 1.27. The standard InChI is InChI=1S/C14H9FO/c15-12-2-4-14-11(7-12)6-10-5-9(8-16)1-3-13(10)14/h1-5,7-8H,6H2. The van der Waals surface area contributed by atoms with Gasteiger partial charge in [0.05, 0.1) is 0 Å². The maximum absolute atomic E-state index is 13.1. The van der Waals surface area contributed by atoms with Gasteiger partial charge in [0, 0.05) is 5.56 Å². The van der Waals surface area contributed by atoms with Gasteiger partial charge in [-0.15, -0.1) is 0 Å². The van der Waals surface area contributed by atoms with Gasteiger partial charge in [-0.2, -0.15) is 0 Å². The predicted molar refractivity (Wildman–Crippen MR) is 60.0 cm³/mol. The van der Waals surface area contributed by atoms with E-state index in [1.54, 1.807) is 18.2 Å². The Balaban J connectivity index is 2.19. The van der Waals surface area contributed by atoms with E-state index in [1.807, 2.05) is 12.1 Å². The van der Waals surface area contributed by atoms with E-state index in [0.29, 0.717) is 12.0 Å². The maximum atomic E-state index is 13.1. The molecule has 0 saturated carbocycles. The molecule has 0 aromatic heterocycles. The van der Waals surface area contributed by atoms with Crippen molar-refractivity contribution in [2.24, 2.45) is 0 Å². The van der Waals surface area contributed by atoms with Gasteiger partial charge >= 0.3 is 0 Å². The Bertz CT molecular complexity index is 587. The first-order valence-electron chi connectivity index (χ1n) is 5.15. The first-order chi connectivity index (χ1) is 7.78. The van der Waals surface area contributed by atoms with Crippen LogP contribution >= 0.6 is 0 Å². The van der Waals surface area contributed by atoms with Crippen LogP contribution in [0.25, 0.3) is 11.1 Å². The third-order valence-corrected chi connectivity index (χ3v) is 3.00. The molecule has 1 aliphatic carbocycles. The van der Waals surface area contributed by atoms with Gasteiger partial charge in [0.15, 0.2) is 0 Å². The summed E-state index contributed by atoms with van der Waals surface area (Å²) in [5.74, 6) is -0.206. The van der Waals surface area contributed by atoms with Crippen molar-refractivity contribution in [2.45, 2.75) is 6.42 Å². The third-order valence-electron chi connectivity index (χ3n) is 3.00. The van der Waals surface area contributed by atoms with Crippen molar-refractivity contribution in [1.29, 1.82) is 0 Å². The highest BCUT2D eigenvalue weighted by Gasteiger charge is 2.18. The van der Waals surface area contributed by atoms with Gasteiger partial charge in [-0.25, -0.2) is 4.39 Å². The normalized spacial score (nSPS) is 12.1. The van der Waals surface area contributed by atoms with Crippen LogP contribution in [-0.2, 0) is 6.42 Å². The lowest BCUT2D eigenvalue weighted by Crippen LogP contribution is -1.84. The molecule has 1 aliphatic rings. The quantitative estimate of drug-likeness (QED) is 0.566. The molecule has 0 N–H and O–H groups in total. The smallest absolute Gasteiger partial charge is 0.150 e. The van der Waals surface area contributed by atoms with Gasteiger partial charge in [-0.3, -0.25) is 4.79 Å². The number of halogens is 1. The van der Waals surface area contributed by atoms with Crippen LogP contribution in [0.1, 0.15) is 21.5 Å². The van der Waals surface area contributed by atoms with Crippen LogP contribution in [-0.4, -0.2) is 6.29 Å². The lowest BCUT2D eigenvalue weighted by molar-refractivity contribution is 0.112. The summed E-state index contributed by atoms with van der Waals surface area (Å²) in [6, 6.07) is 10.4. The average Bonchev–Trinajstić information content (AvgIpc) is 2.64. The molecule has 0 amide bonds. The summed E-state index contributed by atoms with van der Waals surface area (Å²) in [5.41, 5.74) is 4.96. The highest BCUT2D eigenvalue weighted by molar-refractivity contribution is 5.82. The fraction of sp³-hybridized carbons (Fsp3) is 0.0714. The Kier molecular flexibility index (Phi) is 1.90. The van der Waals surface area contributed by atoms with Crippen LogP contribution in [0, 0.1) is 5.82 Å². The van der Waals surface area contributed by atoms with Crippen molar-refractivity contribution in [3.63, 3.8) is 0 Å². The molecule has 0 spiro atoms. The van der Waals surface area contributed by atoms with Crippen molar-refractivity contribution in [2.75, 3.05) is 0 Å². The number of carbonyl (C=O) groups is 1. The highest BCUT2D eigenvalue weighted by atomic mass is 19.1. The number of rotatable bonds is 1. The molecule has 0 heterocycles. The average molecular weight is 212 g/mol. The maximum Gasteiger partial charge on any atom is 0.150 e. The molecular weight excluding hydrogens is 203 g/mol. The van der Waals surface area contributed by atoms with Gasteiger partial charge in [-0.1, -0.05) is 18.2 Å². The van der Waals surface area contributed by atoms with E-state index in [4.69, 9.17) is 0 Å². The first-order valence-corrected chi connectivity index (χ1v) is 5.15. The van der Waals surface area contributed by atoms with Crippen LogP contribution in [0.2, 0.25) is 0 Å². The minimum absolute atomic E-state index is 0.206. The fourth-order valence-electron chi connectivity index (χ4n) is 2.27. The molecule has 16 heavy (non-hydrogen) atoms. The number of hydrogen-bond acceptors (Lipinski definition) is 1. The second kappa shape index (κ2) is 3.27. The Morgan fingerprint density at radius 1 is 1.00 bits per heavy atom. The molecule has 2 heteroatoms. The molecule has 0 saturated heterocycles. The van der Waals surface area contributed by atoms with Gasteiger partial charge in [0.1, 0.15) is 12.1 Å². The molecule has 0 bridgehead atoms. The summed E-state index contributed by atoms with van der Waals surface area (Å²) in [6.45, 7) is 0. The van der Waals surface area contributed by atoms with Crippen LogP contribution in [0.5, 0.6) is 0 Å². The largest absolute Gasteiger partial charge is 0.298 e. The molecule has 2 aromatic carbocycles. The van der Waals surface area contributed by atoms with E-state index >= 15 is 0 Å². The fourth-order valence-corrected chi connectivity index (χ4v) is 2.27. The topological polar surface area (TPSA) is 17.1 Å². The van der Waals surface area contributed by atoms with E-state index in [0.717, 1.165) is 28.5 Å². The van der Waals surface area contributed by atoms with Crippen LogP contribution < -0.4 is 0 Å². The second-order valence-corrected chi connectivity index (χ2v) is 4.01. The number of fused-ring (bicyclic) bond motifs is 3. The van der Waals surface area contributed by atoms with Crippen molar-refractivity contribution < 1.29 is 9.18 Å². The Morgan fingerprint density at radius 3 is 2.44 bits per heavy atom. The van der Waals surface area contributed by atoms with Crippen molar-refractivity contribution in [1.82, 2.24) is 0 Å². The Hall–Kier alpha value is -1.96. The lowest BCUT2D eigenvalue weighted by Gasteiger charge is -2.00. The number of hydrogen-bond donors (Lipinski definition) is 0. The van der Waals surface area contributed by atoms with E-state index in [-0.39, 0.29) is 5.82 Å². The molecule has 3 rings (SSSR count). The number of aldehydes is 1. The minimum atomic E-state index is -0.206. The molecule has 0 aliphatic heterocycles. The van der Waals surface area contributed by atoms with Gasteiger partial charge in [-0.05, 0) is 46.9 Å². The monoisotopic (exact) mass is 212 g/mol. The highest BCUT2D eigenvalue weighted by Crippen LogP contribution is 2.36. The van der Waals surface area contributed by atoms with E-state index in [2.05, 4.69) is 0 Å². The van der Waals surface area contributed by atoms with Gasteiger partial charge in [0.2, 0.25) is 0 Å². The van der Waals surface area contributed by atoms with Crippen molar-refractivity contribution >= 4 is 6.29 Å². The molecular formula is C14H9FO.